The van der Waals surface area contributed by atoms with Gasteiger partial charge in [-0.15, -0.1) is 0 Å². The Morgan fingerprint density at radius 2 is 1.38 bits per heavy atom. The molecule has 0 radical (unpaired) electrons. The SMILES string of the molecule is CCCCC.OPO. The van der Waals surface area contributed by atoms with Gasteiger partial charge >= 0.3 is 0 Å². The molecule has 0 heterocycles. The summed E-state index contributed by atoms with van der Waals surface area (Å²) in [7, 11) is -0.917. The molecule has 52 valence electrons. The van der Waals surface area contributed by atoms with Crippen LogP contribution >= 0.6 is 9.03 Å². The van der Waals surface area contributed by atoms with Crippen LogP contribution in [0, 0.1) is 0 Å². The first-order valence-electron chi connectivity index (χ1n) is 2.86. The summed E-state index contributed by atoms with van der Waals surface area (Å²) in [6.45, 7) is 4.42. The predicted molar refractivity (Wildman–Crippen MR) is 38.0 cm³/mol. The first kappa shape index (κ1) is 11.2. The van der Waals surface area contributed by atoms with Gasteiger partial charge in [-0.2, -0.15) is 0 Å². The van der Waals surface area contributed by atoms with Crippen molar-refractivity contribution in [3.05, 3.63) is 0 Å². The van der Waals surface area contributed by atoms with Crippen molar-refractivity contribution in [2.24, 2.45) is 0 Å². The standard InChI is InChI=1S/C5H12.H3O2P/c1-3-5-4-2;1-3-2/h3-5H2,1-2H3;1-3H. The minimum absolute atomic E-state index is 0.917. The van der Waals surface area contributed by atoms with Gasteiger partial charge in [-0.25, -0.2) is 0 Å². The summed E-state index contributed by atoms with van der Waals surface area (Å²) in [5.41, 5.74) is 0. The van der Waals surface area contributed by atoms with Gasteiger partial charge in [0.25, 0.3) is 0 Å². The van der Waals surface area contributed by atoms with E-state index in [9.17, 15) is 0 Å². The van der Waals surface area contributed by atoms with Crippen LogP contribution in [-0.4, -0.2) is 9.79 Å². The zero-order chi connectivity index (χ0) is 6.83. The first-order chi connectivity index (χ1) is 3.83. The molecular formula is C5H15O2P. The van der Waals surface area contributed by atoms with Gasteiger partial charge in [0, 0.05) is 0 Å². The Bertz CT molecular complexity index is 24.4. The van der Waals surface area contributed by atoms with E-state index < -0.39 is 9.03 Å². The lowest BCUT2D eigenvalue weighted by Crippen LogP contribution is -1.59. The molecule has 0 aromatic heterocycles. The van der Waals surface area contributed by atoms with Gasteiger partial charge in [0.15, 0.2) is 0 Å². The van der Waals surface area contributed by atoms with Crippen molar-refractivity contribution in [1.29, 1.82) is 0 Å². The van der Waals surface area contributed by atoms with Crippen LogP contribution < -0.4 is 0 Å². The molecule has 2 nitrogen and oxygen atoms in total. The molecular weight excluding hydrogens is 123 g/mol. The summed E-state index contributed by atoms with van der Waals surface area (Å²) < 4.78 is 0. The van der Waals surface area contributed by atoms with E-state index in [1.54, 1.807) is 0 Å². The molecule has 0 saturated heterocycles. The fraction of sp³-hybridized carbons (Fsp3) is 1.00. The highest BCUT2D eigenvalue weighted by atomic mass is 31.1. The highest BCUT2D eigenvalue weighted by Crippen LogP contribution is 1.88. The number of hydrogen-bond acceptors (Lipinski definition) is 2. The van der Waals surface area contributed by atoms with Crippen LogP contribution in [-0.2, 0) is 0 Å². The van der Waals surface area contributed by atoms with E-state index in [4.69, 9.17) is 9.79 Å². The van der Waals surface area contributed by atoms with Crippen LogP contribution in [0.1, 0.15) is 33.1 Å². The lowest BCUT2D eigenvalue weighted by atomic mass is 10.3. The molecule has 0 fully saturated rings. The molecule has 0 amide bonds. The Kier molecular flexibility index (Phi) is 21.9. The Labute approximate surface area is 52.9 Å². The molecule has 2 N–H and O–H groups in total. The minimum Gasteiger partial charge on any atom is -0.352 e. The second-order valence-electron chi connectivity index (χ2n) is 1.45. The molecule has 0 saturated carbocycles. The molecule has 0 unspecified atom stereocenters. The van der Waals surface area contributed by atoms with Crippen LogP contribution in [0.5, 0.6) is 0 Å². The summed E-state index contributed by atoms with van der Waals surface area (Å²) in [6.07, 6.45) is 4.08. The van der Waals surface area contributed by atoms with Crippen molar-refractivity contribution >= 4 is 9.03 Å². The Morgan fingerprint density at radius 1 is 1.12 bits per heavy atom. The fourth-order valence-corrected chi connectivity index (χ4v) is 0.354. The van der Waals surface area contributed by atoms with Crippen molar-refractivity contribution in [3.8, 4) is 0 Å². The summed E-state index contributed by atoms with van der Waals surface area (Å²) in [5.74, 6) is 0. The summed E-state index contributed by atoms with van der Waals surface area (Å²) in [4.78, 5) is 14.3. The van der Waals surface area contributed by atoms with Gasteiger partial charge in [-0.1, -0.05) is 33.1 Å². The monoisotopic (exact) mass is 138 g/mol. The van der Waals surface area contributed by atoms with Crippen LogP contribution in [0.15, 0.2) is 0 Å². The van der Waals surface area contributed by atoms with Crippen LogP contribution in [0.3, 0.4) is 0 Å². The first-order valence-corrected chi connectivity index (χ1v) is 3.76. The van der Waals surface area contributed by atoms with Crippen LogP contribution in [0.4, 0.5) is 0 Å². The lowest BCUT2D eigenvalue weighted by Gasteiger charge is -1.79. The highest BCUT2D eigenvalue weighted by molar-refractivity contribution is 7.23. The van der Waals surface area contributed by atoms with E-state index in [2.05, 4.69) is 13.8 Å². The maximum atomic E-state index is 7.15. The van der Waals surface area contributed by atoms with E-state index in [1.165, 1.54) is 19.3 Å². The summed E-state index contributed by atoms with van der Waals surface area (Å²) in [5, 5.41) is 0. The molecule has 0 aliphatic rings. The second-order valence-corrected chi connectivity index (χ2v) is 1.65. The minimum atomic E-state index is -0.917. The number of unbranched alkanes of at least 4 members (excludes halogenated alkanes) is 2. The summed E-state index contributed by atoms with van der Waals surface area (Å²) in [6, 6.07) is 0. The molecule has 3 heteroatoms. The molecule has 0 aliphatic heterocycles. The van der Waals surface area contributed by atoms with Crippen LogP contribution in [0.25, 0.3) is 0 Å². The predicted octanol–water partition coefficient (Wildman–Crippen LogP) is 1.68. The largest absolute Gasteiger partial charge is 0.352 e. The Morgan fingerprint density at radius 3 is 1.38 bits per heavy atom. The van der Waals surface area contributed by atoms with Gasteiger partial charge in [-0.05, 0) is 0 Å². The fourth-order valence-electron chi connectivity index (χ4n) is 0.354. The molecule has 0 spiro atoms. The molecule has 0 atom stereocenters. The van der Waals surface area contributed by atoms with E-state index in [0.717, 1.165) is 0 Å². The molecule has 0 rings (SSSR count). The maximum Gasteiger partial charge on any atom is 0.149 e. The molecule has 8 heavy (non-hydrogen) atoms. The quantitative estimate of drug-likeness (QED) is 0.570. The second kappa shape index (κ2) is 15.7. The Balaban J connectivity index is 0. The van der Waals surface area contributed by atoms with E-state index in [-0.39, 0.29) is 0 Å². The van der Waals surface area contributed by atoms with Crippen molar-refractivity contribution < 1.29 is 9.79 Å². The zero-order valence-electron chi connectivity index (χ0n) is 5.52. The van der Waals surface area contributed by atoms with Crippen molar-refractivity contribution in [1.82, 2.24) is 0 Å². The van der Waals surface area contributed by atoms with Gasteiger partial charge < -0.3 is 9.79 Å². The molecule has 0 aliphatic carbocycles. The zero-order valence-corrected chi connectivity index (χ0v) is 6.52. The average Bonchev–Trinajstić information content (AvgIpc) is 1.71. The third-order valence-electron chi connectivity index (χ3n) is 0.707. The van der Waals surface area contributed by atoms with Crippen LogP contribution in [0.2, 0.25) is 0 Å². The lowest BCUT2D eigenvalue weighted by molar-refractivity contribution is 0.513. The third-order valence-corrected chi connectivity index (χ3v) is 0.707. The third kappa shape index (κ3) is 32.9. The topological polar surface area (TPSA) is 40.5 Å². The van der Waals surface area contributed by atoms with Gasteiger partial charge in [0.05, 0.1) is 0 Å². The van der Waals surface area contributed by atoms with Crippen molar-refractivity contribution in [2.45, 2.75) is 33.1 Å². The molecule has 0 bridgehead atoms. The van der Waals surface area contributed by atoms with Gasteiger partial charge in [0.2, 0.25) is 0 Å². The van der Waals surface area contributed by atoms with E-state index in [0.29, 0.717) is 0 Å². The van der Waals surface area contributed by atoms with Gasteiger partial charge in [0.1, 0.15) is 9.03 Å². The number of rotatable bonds is 2. The molecule has 0 aromatic rings. The normalized spacial score (nSPS) is 7.50. The van der Waals surface area contributed by atoms with Crippen molar-refractivity contribution in [3.63, 3.8) is 0 Å². The average molecular weight is 138 g/mol. The number of hydrogen-bond donors (Lipinski definition) is 2. The van der Waals surface area contributed by atoms with E-state index in [1.807, 2.05) is 0 Å². The smallest absolute Gasteiger partial charge is 0.149 e. The molecule has 0 aromatic carbocycles. The summed E-state index contributed by atoms with van der Waals surface area (Å²) >= 11 is 0. The maximum absolute atomic E-state index is 7.15. The Hall–Kier alpha value is 0.350. The van der Waals surface area contributed by atoms with E-state index >= 15 is 0 Å². The van der Waals surface area contributed by atoms with Crippen molar-refractivity contribution in [2.75, 3.05) is 0 Å². The van der Waals surface area contributed by atoms with Gasteiger partial charge in [-0.3, -0.25) is 0 Å². The highest BCUT2D eigenvalue weighted by Gasteiger charge is 1.68.